The van der Waals surface area contributed by atoms with Crippen LogP contribution in [0.1, 0.15) is 18.9 Å². The van der Waals surface area contributed by atoms with E-state index >= 15 is 0 Å². The third kappa shape index (κ3) is 3.23. The van der Waals surface area contributed by atoms with Crippen LogP contribution < -0.4 is 15.5 Å². The summed E-state index contributed by atoms with van der Waals surface area (Å²) in [6.07, 6.45) is 0.538. The van der Waals surface area contributed by atoms with Crippen LogP contribution in [0.4, 0.5) is 5.69 Å². The normalized spacial score (nSPS) is 15.5. The van der Waals surface area contributed by atoms with Crippen molar-refractivity contribution in [3.8, 4) is 0 Å². The standard InChI is InChI=1S/C14H21N3O/c1-2-14(18)16-11-12-5-3-4-6-13(12)17-9-7-15-8-10-17/h3-6,15H,2,7-11H2,1H3,(H,16,18). The van der Waals surface area contributed by atoms with Gasteiger partial charge in [-0.2, -0.15) is 0 Å². The topological polar surface area (TPSA) is 44.4 Å². The molecule has 1 aromatic rings. The molecule has 1 aliphatic rings. The van der Waals surface area contributed by atoms with Crippen molar-refractivity contribution in [3.63, 3.8) is 0 Å². The Hall–Kier alpha value is -1.55. The summed E-state index contributed by atoms with van der Waals surface area (Å²) in [5.41, 5.74) is 2.44. The molecule has 1 fully saturated rings. The van der Waals surface area contributed by atoms with E-state index in [1.807, 2.05) is 13.0 Å². The Balaban J connectivity index is 2.06. The number of hydrogen-bond acceptors (Lipinski definition) is 3. The lowest BCUT2D eigenvalue weighted by Gasteiger charge is -2.31. The van der Waals surface area contributed by atoms with E-state index in [4.69, 9.17) is 0 Å². The monoisotopic (exact) mass is 247 g/mol. The summed E-state index contributed by atoms with van der Waals surface area (Å²) in [6, 6.07) is 8.31. The lowest BCUT2D eigenvalue weighted by molar-refractivity contribution is -0.120. The highest BCUT2D eigenvalue weighted by atomic mass is 16.1. The Bertz CT molecular complexity index is 400. The van der Waals surface area contributed by atoms with Gasteiger partial charge in [-0.25, -0.2) is 0 Å². The quantitative estimate of drug-likeness (QED) is 0.838. The lowest BCUT2D eigenvalue weighted by atomic mass is 10.1. The minimum absolute atomic E-state index is 0.102. The maximum Gasteiger partial charge on any atom is 0.219 e. The van der Waals surface area contributed by atoms with Crippen molar-refractivity contribution < 1.29 is 4.79 Å². The molecule has 0 atom stereocenters. The van der Waals surface area contributed by atoms with Gasteiger partial charge in [0.05, 0.1) is 0 Å². The third-order valence-corrected chi connectivity index (χ3v) is 3.25. The number of rotatable bonds is 4. The second kappa shape index (κ2) is 6.40. The number of benzene rings is 1. The lowest BCUT2D eigenvalue weighted by Crippen LogP contribution is -2.44. The van der Waals surface area contributed by atoms with E-state index in [-0.39, 0.29) is 5.91 Å². The molecule has 98 valence electrons. The fourth-order valence-electron chi connectivity index (χ4n) is 2.19. The fraction of sp³-hybridized carbons (Fsp3) is 0.500. The summed E-state index contributed by atoms with van der Waals surface area (Å²) in [6.45, 7) is 6.59. The van der Waals surface area contributed by atoms with Crippen LogP contribution in [0, 0.1) is 0 Å². The first-order valence-corrected chi connectivity index (χ1v) is 6.61. The zero-order valence-electron chi connectivity index (χ0n) is 10.9. The zero-order chi connectivity index (χ0) is 12.8. The first kappa shape index (κ1) is 12.9. The number of para-hydroxylation sites is 1. The SMILES string of the molecule is CCC(=O)NCc1ccccc1N1CCNCC1. The predicted molar refractivity (Wildman–Crippen MR) is 73.7 cm³/mol. The van der Waals surface area contributed by atoms with Crippen LogP contribution in [0.3, 0.4) is 0 Å². The van der Waals surface area contributed by atoms with Gasteiger partial charge in [-0.15, -0.1) is 0 Å². The van der Waals surface area contributed by atoms with E-state index in [0.717, 1.165) is 26.2 Å². The van der Waals surface area contributed by atoms with Gasteiger partial charge < -0.3 is 15.5 Å². The van der Waals surface area contributed by atoms with Gasteiger partial charge >= 0.3 is 0 Å². The van der Waals surface area contributed by atoms with Gasteiger partial charge in [0.15, 0.2) is 0 Å². The van der Waals surface area contributed by atoms with Crippen LogP contribution >= 0.6 is 0 Å². The molecule has 0 unspecified atom stereocenters. The Kier molecular flexibility index (Phi) is 4.59. The highest BCUT2D eigenvalue weighted by Gasteiger charge is 2.13. The van der Waals surface area contributed by atoms with Crippen molar-refractivity contribution in [2.45, 2.75) is 19.9 Å². The van der Waals surface area contributed by atoms with Crippen molar-refractivity contribution in [2.75, 3.05) is 31.1 Å². The van der Waals surface area contributed by atoms with Gasteiger partial charge in [0, 0.05) is 44.8 Å². The van der Waals surface area contributed by atoms with E-state index in [0.29, 0.717) is 13.0 Å². The Morgan fingerprint density at radius 3 is 2.78 bits per heavy atom. The second-order valence-corrected chi connectivity index (χ2v) is 4.50. The minimum Gasteiger partial charge on any atom is -0.369 e. The number of piperazine rings is 1. The molecular formula is C14H21N3O. The van der Waals surface area contributed by atoms with Crippen LogP contribution in [0.2, 0.25) is 0 Å². The molecule has 2 N–H and O–H groups in total. The van der Waals surface area contributed by atoms with E-state index in [1.54, 1.807) is 0 Å². The van der Waals surface area contributed by atoms with Crippen molar-refractivity contribution in [1.82, 2.24) is 10.6 Å². The smallest absolute Gasteiger partial charge is 0.219 e. The highest BCUT2D eigenvalue weighted by molar-refractivity contribution is 5.75. The molecule has 2 rings (SSSR count). The number of nitrogens with one attached hydrogen (secondary N) is 2. The first-order valence-electron chi connectivity index (χ1n) is 6.61. The van der Waals surface area contributed by atoms with Crippen LogP contribution in [0.15, 0.2) is 24.3 Å². The molecule has 0 radical (unpaired) electrons. The van der Waals surface area contributed by atoms with Crippen molar-refractivity contribution >= 4 is 11.6 Å². The third-order valence-electron chi connectivity index (χ3n) is 3.25. The largest absolute Gasteiger partial charge is 0.369 e. The van der Waals surface area contributed by atoms with Crippen LogP contribution in [0.25, 0.3) is 0 Å². The Labute approximate surface area is 108 Å². The molecule has 1 aliphatic heterocycles. The minimum atomic E-state index is 0.102. The maximum absolute atomic E-state index is 11.3. The summed E-state index contributed by atoms with van der Waals surface area (Å²) in [5, 5.41) is 6.30. The van der Waals surface area contributed by atoms with E-state index in [9.17, 15) is 4.79 Å². The van der Waals surface area contributed by atoms with Gasteiger partial charge in [-0.3, -0.25) is 4.79 Å². The number of hydrogen-bond donors (Lipinski definition) is 2. The van der Waals surface area contributed by atoms with Gasteiger partial charge in [0.2, 0.25) is 5.91 Å². The molecule has 0 spiro atoms. The number of carbonyl (C=O) groups is 1. The molecule has 4 nitrogen and oxygen atoms in total. The van der Waals surface area contributed by atoms with Gasteiger partial charge in [-0.05, 0) is 11.6 Å². The van der Waals surface area contributed by atoms with Crippen LogP contribution in [0.5, 0.6) is 0 Å². The summed E-state index contributed by atoms with van der Waals surface area (Å²) in [5.74, 6) is 0.102. The molecule has 4 heteroatoms. The summed E-state index contributed by atoms with van der Waals surface area (Å²) < 4.78 is 0. The first-order chi connectivity index (χ1) is 8.81. The molecule has 1 amide bonds. The molecular weight excluding hydrogens is 226 g/mol. The summed E-state index contributed by atoms with van der Waals surface area (Å²) in [7, 11) is 0. The molecule has 1 aromatic carbocycles. The average Bonchev–Trinajstić information content (AvgIpc) is 2.46. The maximum atomic E-state index is 11.3. The fourth-order valence-corrected chi connectivity index (χ4v) is 2.19. The van der Waals surface area contributed by atoms with Gasteiger partial charge in [0.1, 0.15) is 0 Å². The molecule has 0 aromatic heterocycles. The molecule has 1 heterocycles. The molecule has 18 heavy (non-hydrogen) atoms. The predicted octanol–water partition coefficient (Wildman–Crippen LogP) is 1.12. The van der Waals surface area contributed by atoms with E-state index < -0.39 is 0 Å². The number of anilines is 1. The molecule has 0 bridgehead atoms. The number of carbonyl (C=O) groups excluding carboxylic acids is 1. The van der Waals surface area contributed by atoms with Crippen LogP contribution in [-0.2, 0) is 11.3 Å². The second-order valence-electron chi connectivity index (χ2n) is 4.50. The van der Waals surface area contributed by atoms with Crippen LogP contribution in [-0.4, -0.2) is 32.1 Å². The van der Waals surface area contributed by atoms with Crippen molar-refractivity contribution in [3.05, 3.63) is 29.8 Å². The summed E-state index contributed by atoms with van der Waals surface area (Å²) >= 11 is 0. The number of amides is 1. The van der Waals surface area contributed by atoms with Gasteiger partial charge in [0.25, 0.3) is 0 Å². The zero-order valence-corrected chi connectivity index (χ0v) is 10.9. The molecule has 0 saturated carbocycles. The average molecular weight is 247 g/mol. The number of nitrogens with zero attached hydrogens (tertiary/aromatic N) is 1. The Morgan fingerprint density at radius 1 is 1.33 bits per heavy atom. The van der Waals surface area contributed by atoms with E-state index in [2.05, 4.69) is 33.7 Å². The Morgan fingerprint density at radius 2 is 2.06 bits per heavy atom. The van der Waals surface area contributed by atoms with Crippen molar-refractivity contribution in [1.29, 1.82) is 0 Å². The molecule has 1 saturated heterocycles. The van der Waals surface area contributed by atoms with E-state index in [1.165, 1.54) is 11.3 Å². The molecule has 0 aliphatic carbocycles. The van der Waals surface area contributed by atoms with Crippen molar-refractivity contribution in [2.24, 2.45) is 0 Å². The summed E-state index contributed by atoms with van der Waals surface area (Å²) in [4.78, 5) is 13.7. The highest BCUT2D eigenvalue weighted by Crippen LogP contribution is 2.20. The van der Waals surface area contributed by atoms with Gasteiger partial charge in [-0.1, -0.05) is 25.1 Å².